The Hall–Kier alpha value is -3.10. The Bertz CT molecular complexity index is 954. The zero-order valence-electron chi connectivity index (χ0n) is 25.0. The first-order chi connectivity index (χ1) is 19.8. The van der Waals surface area contributed by atoms with Crippen molar-refractivity contribution in [1.82, 2.24) is 0 Å². The van der Waals surface area contributed by atoms with Crippen LogP contribution in [0.1, 0.15) is 84.0 Å². The maximum atomic E-state index is 3.87. The van der Waals surface area contributed by atoms with E-state index in [4.69, 9.17) is 0 Å². The largest absolute Gasteiger partial charge is 0.358 e. The maximum Gasteiger partial charge on any atom is 0.108 e. The van der Waals surface area contributed by atoms with Crippen molar-refractivity contribution in [3.8, 4) is 0 Å². The lowest BCUT2D eigenvalue weighted by molar-refractivity contribution is -0.368. The lowest BCUT2D eigenvalue weighted by atomic mass is 9.13. The third-order valence-corrected chi connectivity index (χ3v) is 8.30. The van der Waals surface area contributed by atoms with Crippen molar-refractivity contribution < 1.29 is 5.73 Å². The Labute approximate surface area is 245 Å². The maximum absolute atomic E-state index is 3.87. The highest BCUT2D eigenvalue weighted by molar-refractivity contribution is 7.19. The Morgan fingerprint density at radius 1 is 0.375 bits per heavy atom. The summed E-state index contributed by atoms with van der Waals surface area (Å²) in [6.07, 6.45) is 16.0. The Balaban J connectivity index is 0.000000255. The van der Waals surface area contributed by atoms with Crippen LogP contribution in [-0.4, -0.2) is 12.7 Å². The van der Waals surface area contributed by atoms with Crippen LogP contribution in [0.3, 0.4) is 0 Å². The molecule has 0 bridgehead atoms. The number of hydrogen-bond acceptors (Lipinski definition) is 0. The molecule has 0 unspecified atom stereocenters. The molecule has 0 aliphatic heterocycles. The van der Waals surface area contributed by atoms with E-state index in [2.05, 4.69) is 134 Å². The van der Waals surface area contributed by atoms with Gasteiger partial charge in [-0.05, 0) is 12.8 Å². The molecular formula is C38H52BN. The smallest absolute Gasteiger partial charge is 0.108 e. The highest BCUT2D eigenvalue weighted by Crippen LogP contribution is 2.12. The topological polar surface area (TPSA) is 27.6 Å². The van der Waals surface area contributed by atoms with Crippen LogP contribution >= 0.6 is 0 Å². The van der Waals surface area contributed by atoms with E-state index in [0.29, 0.717) is 0 Å². The molecule has 212 valence electrons. The number of unbranched alkanes of at least 4 members (excludes halogenated alkanes) is 11. The van der Waals surface area contributed by atoms with Gasteiger partial charge in [-0.3, -0.25) is 0 Å². The van der Waals surface area contributed by atoms with Crippen molar-refractivity contribution in [2.24, 2.45) is 0 Å². The van der Waals surface area contributed by atoms with Gasteiger partial charge in [-0.15, -0.1) is 0 Å². The highest BCUT2D eigenvalue weighted by Gasteiger charge is 2.31. The Morgan fingerprint density at radius 2 is 0.625 bits per heavy atom. The van der Waals surface area contributed by atoms with E-state index in [0.717, 1.165) is 6.54 Å². The van der Waals surface area contributed by atoms with Gasteiger partial charge in [0.15, 0.2) is 0 Å². The predicted molar refractivity (Wildman–Crippen MR) is 179 cm³/mol. The monoisotopic (exact) mass is 533 g/mol. The summed E-state index contributed by atoms with van der Waals surface area (Å²) in [4.78, 5) is 0. The third-order valence-electron chi connectivity index (χ3n) is 8.30. The molecule has 0 saturated carbocycles. The molecule has 4 aromatic rings. The molecule has 0 aliphatic rings. The summed E-state index contributed by atoms with van der Waals surface area (Å²) < 4.78 is 0. The molecule has 0 fully saturated rings. The zero-order valence-corrected chi connectivity index (χ0v) is 25.0. The lowest BCUT2D eigenvalue weighted by Crippen LogP contribution is -2.74. The van der Waals surface area contributed by atoms with Gasteiger partial charge in [-0.25, -0.2) is 0 Å². The van der Waals surface area contributed by atoms with Crippen LogP contribution in [-0.2, 0) is 0 Å². The van der Waals surface area contributed by atoms with E-state index < -0.39 is 6.15 Å². The fraction of sp³-hybridized carbons (Fsp3) is 0.368. The van der Waals surface area contributed by atoms with Gasteiger partial charge in [0, 0.05) is 0 Å². The highest BCUT2D eigenvalue weighted by atomic mass is 14.5. The second kappa shape index (κ2) is 19.1. The van der Waals surface area contributed by atoms with Crippen LogP contribution in [0.25, 0.3) is 0 Å². The normalized spacial score (nSPS) is 11.1. The predicted octanol–water partition coefficient (Wildman–Crippen LogP) is 6.99. The van der Waals surface area contributed by atoms with E-state index >= 15 is 0 Å². The minimum atomic E-state index is -1.22. The number of hydrogen-bond donors (Lipinski definition) is 1. The molecule has 2 heteroatoms. The van der Waals surface area contributed by atoms with Crippen molar-refractivity contribution in [2.45, 2.75) is 84.0 Å². The minimum absolute atomic E-state index is 1.12. The SMILES string of the molecule is CCCCCCCCCCCCCC[NH3+].c1ccc([B-](c2ccccc2)(c2ccccc2)c2ccccc2)cc1. The Kier molecular flexibility index (Phi) is 15.0. The second-order valence-corrected chi connectivity index (χ2v) is 11.3. The molecule has 0 aliphatic carbocycles. The van der Waals surface area contributed by atoms with Crippen LogP contribution in [0.4, 0.5) is 0 Å². The number of rotatable bonds is 16. The van der Waals surface area contributed by atoms with Gasteiger partial charge >= 0.3 is 0 Å². The second-order valence-electron chi connectivity index (χ2n) is 11.3. The summed E-state index contributed by atoms with van der Waals surface area (Å²) in [7, 11) is 0. The van der Waals surface area contributed by atoms with E-state index in [1.807, 2.05) is 0 Å². The van der Waals surface area contributed by atoms with E-state index in [-0.39, 0.29) is 0 Å². The molecular weight excluding hydrogens is 481 g/mol. The van der Waals surface area contributed by atoms with Gasteiger partial charge in [0.1, 0.15) is 6.15 Å². The van der Waals surface area contributed by atoms with Gasteiger partial charge < -0.3 is 5.73 Å². The standard InChI is InChI=1S/C24H20B.C14H31N/c1-5-13-21(14-6-1)25(22-15-7-2-8-16-22,23-17-9-3-10-18-23)24-19-11-4-12-20-24;1-2-3-4-5-6-7-8-9-10-11-12-13-14-15/h1-20H;2-15H2,1H3/q-1;/p+1. The van der Waals surface area contributed by atoms with Gasteiger partial charge in [-0.2, -0.15) is 21.9 Å². The molecule has 0 amide bonds. The Morgan fingerprint density at radius 3 is 0.875 bits per heavy atom. The summed E-state index contributed by atoms with van der Waals surface area (Å²) in [5.74, 6) is 0. The quantitative estimate of drug-likeness (QED) is 0.119. The summed E-state index contributed by atoms with van der Waals surface area (Å²) in [6, 6.07) is 43.5. The van der Waals surface area contributed by atoms with Gasteiger partial charge in [0.05, 0.1) is 6.54 Å². The van der Waals surface area contributed by atoms with Crippen molar-refractivity contribution in [3.05, 3.63) is 121 Å². The van der Waals surface area contributed by atoms with Gasteiger partial charge in [0.25, 0.3) is 0 Å². The molecule has 0 spiro atoms. The summed E-state index contributed by atoms with van der Waals surface area (Å²) in [5.41, 5.74) is 9.22. The molecule has 0 saturated heterocycles. The molecule has 3 N–H and O–H groups in total. The van der Waals surface area contributed by atoms with Crippen molar-refractivity contribution >= 4 is 28.0 Å². The van der Waals surface area contributed by atoms with Gasteiger partial charge in [0.2, 0.25) is 0 Å². The van der Waals surface area contributed by atoms with E-state index in [1.54, 1.807) is 0 Å². The number of benzene rings is 4. The van der Waals surface area contributed by atoms with E-state index in [9.17, 15) is 0 Å². The molecule has 4 aromatic carbocycles. The average molecular weight is 534 g/mol. The average Bonchev–Trinajstić information content (AvgIpc) is 3.03. The molecule has 4 rings (SSSR count). The first-order valence-electron chi connectivity index (χ1n) is 16.0. The first kappa shape index (κ1) is 31.4. The van der Waals surface area contributed by atoms with Crippen molar-refractivity contribution in [2.75, 3.05) is 6.54 Å². The first-order valence-corrected chi connectivity index (χ1v) is 16.0. The van der Waals surface area contributed by atoms with Crippen LogP contribution in [0.5, 0.6) is 0 Å². The fourth-order valence-electron chi connectivity index (χ4n) is 6.14. The van der Waals surface area contributed by atoms with Crippen LogP contribution in [0, 0.1) is 0 Å². The fourth-order valence-corrected chi connectivity index (χ4v) is 6.14. The summed E-state index contributed by atoms with van der Waals surface area (Å²) >= 11 is 0. The summed E-state index contributed by atoms with van der Waals surface area (Å²) in [5, 5.41) is 0. The minimum Gasteiger partial charge on any atom is -0.358 e. The van der Waals surface area contributed by atoms with Crippen LogP contribution in [0.2, 0.25) is 0 Å². The molecule has 0 atom stereocenters. The molecule has 0 radical (unpaired) electrons. The van der Waals surface area contributed by atoms with E-state index in [1.165, 1.54) is 98.9 Å². The lowest BCUT2D eigenvalue weighted by Gasteiger charge is -2.44. The zero-order chi connectivity index (χ0) is 28.1. The van der Waals surface area contributed by atoms with Crippen LogP contribution < -0.4 is 27.6 Å². The molecule has 0 aromatic heterocycles. The van der Waals surface area contributed by atoms with Crippen LogP contribution in [0.15, 0.2) is 121 Å². The molecule has 0 heterocycles. The van der Waals surface area contributed by atoms with Crippen molar-refractivity contribution in [1.29, 1.82) is 0 Å². The van der Waals surface area contributed by atoms with Crippen molar-refractivity contribution in [3.63, 3.8) is 0 Å². The number of quaternary nitrogens is 1. The van der Waals surface area contributed by atoms with Gasteiger partial charge in [-0.1, -0.05) is 192 Å². The molecule has 40 heavy (non-hydrogen) atoms. The summed E-state index contributed by atoms with van der Waals surface area (Å²) in [6.45, 7) is 3.41. The third kappa shape index (κ3) is 9.52. The molecule has 1 nitrogen and oxygen atoms in total.